The van der Waals surface area contributed by atoms with E-state index in [0.717, 1.165) is 16.2 Å². The first-order valence-corrected chi connectivity index (χ1v) is 5.56. The van der Waals surface area contributed by atoms with Crippen LogP contribution in [0.5, 0.6) is 5.75 Å². The fourth-order valence-corrected chi connectivity index (χ4v) is 2.16. The Morgan fingerprint density at radius 3 is 2.72 bits per heavy atom. The molecule has 1 atom stereocenters. The van der Waals surface area contributed by atoms with Crippen molar-refractivity contribution in [3.05, 3.63) is 29.8 Å². The predicted octanol–water partition coefficient (Wildman–Crippen LogP) is 0.0685. The van der Waals surface area contributed by atoms with Gasteiger partial charge in [-0.15, -0.1) is 0 Å². The number of carbonyl (C=O) groups excluding carboxylic acids is 3. The van der Waals surface area contributed by atoms with Gasteiger partial charge in [-0.1, -0.05) is 18.2 Å². The first-order chi connectivity index (χ1) is 8.65. The van der Waals surface area contributed by atoms with Gasteiger partial charge in [0.25, 0.3) is 0 Å². The smallest absolute Gasteiger partial charge is 0.331 e. The van der Waals surface area contributed by atoms with Crippen molar-refractivity contribution in [3.63, 3.8) is 0 Å². The third kappa shape index (κ3) is 1.62. The van der Waals surface area contributed by atoms with Gasteiger partial charge in [0.1, 0.15) is 11.9 Å². The van der Waals surface area contributed by atoms with Crippen LogP contribution in [-0.2, 0) is 16.0 Å². The highest BCUT2D eigenvalue weighted by atomic mass is 16.5. The number of hydrogen-bond acceptors (Lipinski definition) is 4. The number of ether oxygens (including phenoxy) is 1. The maximum atomic E-state index is 11.4. The molecule has 1 fully saturated rings. The topological polar surface area (TPSA) is 75.7 Å². The van der Waals surface area contributed by atoms with Gasteiger partial charge in [-0.05, 0) is 11.6 Å². The van der Waals surface area contributed by atoms with Crippen LogP contribution in [0.3, 0.4) is 0 Å². The van der Waals surface area contributed by atoms with Crippen molar-refractivity contribution in [1.29, 1.82) is 0 Å². The molecule has 3 rings (SSSR count). The van der Waals surface area contributed by atoms with Gasteiger partial charge in [-0.25, -0.2) is 4.79 Å². The molecule has 4 amide bonds. The average molecular weight is 246 g/mol. The summed E-state index contributed by atoms with van der Waals surface area (Å²) in [4.78, 5) is 34.7. The van der Waals surface area contributed by atoms with Crippen molar-refractivity contribution < 1.29 is 19.1 Å². The van der Waals surface area contributed by atoms with Gasteiger partial charge in [0.15, 0.2) is 0 Å². The molecule has 1 aromatic rings. The maximum Gasteiger partial charge on any atom is 0.331 e. The molecular weight excluding hydrogens is 236 g/mol. The standard InChI is InChI=1S/C12H10N2O4/c15-10-11(16)14(12(17)13-10)6-8-5-7-3-1-2-4-9(7)18-8/h1-4,8H,5-6H2,(H,13,15,17). The van der Waals surface area contributed by atoms with Gasteiger partial charge >= 0.3 is 17.8 Å². The molecule has 0 aliphatic carbocycles. The second-order valence-electron chi connectivity index (χ2n) is 4.23. The van der Waals surface area contributed by atoms with Crippen molar-refractivity contribution in [3.8, 4) is 5.75 Å². The summed E-state index contributed by atoms with van der Waals surface area (Å²) in [7, 11) is 0. The Bertz CT molecular complexity index is 530. The van der Waals surface area contributed by atoms with E-state index in [1.807, 2.05) is 29.6 Å². The number of rotatable bonds is 2. The number of hydrogen-bond donors (Lipinski definition) is 1. The summed E-state index contributed by atoms with van der Waals surface area (Å²) >= 11 is 0. The number of carbonyl (C=O) groups is 3. The summed E-state index contributed by atoms with van der Waals surface area (Å²) in [5.74, 6) is -0.934. The van der Waals surface area contributed by atoms with Gasteiger partial charge in [-0.3, -0.25) is 19.8 Å². The Morgan fingerprint density at radius 2 is 2.06 bits per heavy atom. The number of para-hydroxylation sites is 1. The number of fused-ring (bicyclic) bond motifs is 1. The summed E-state index contributed by atoms with van der Waals surface area (Å²) in [6.45, 7) is 0.0884. The predicted molar refractivity (Wildman–Crippen MR) is 59.8 cm³/mol. The van der Waals surface area contributed by atoms with E-state index in [-0.39, 0.29) is 12.6 Å². The van der Waals surface area contributed by atoms with Crippen molar-refractivity contribution in [2.24, 2.45) is 0 Å². The summed E-state index contributed by atoms with van der Waals surface area (Å²) in [6.07, 6.45) is 0.338. The first kappa shape index (κ1) is 10.8. The first-order valence-electron chi connectivity index (χ1n) is 5.56. The Hall–Kier alpha value is -2.37. The molecule has 1 aromatic carbocycles. The zero-order chi connectivity index (χ0) is 12.7. The lowest BCUT2D eigenvalue weighted by molar-refractivity contribution is -0.140. The molecule has 2 aliphatic heterocycles. The molecular formula is C12H10N2O4. The second-order valence-corrected chi connectivity index (χ2v) is 4.23. The van der Waals surface area contributed by atoms with E-state index < -0.39 is 17.8 Å². The quantitative estimate of drug-likeness (QED) is 0.591. The molecule has 0 radical (unpaired) electrons. The molecule has 2 heterocycles. The molecule has 0 saturated carbocycles. The zero-order valence-electron chi connectivity index (χ0n) is 9.38. The summed E-state index contributed by atoms with van der Waals surface area (Å²) in [5.41, 5.74) is 1.04. The van der Waals surface area contributed by atoms with Crippen molar-refractivity contribution in [1.82, 2.24) is 10.2 Å². The number of nitrogens with zero attached hydrogens (tertiary/aromatic N) is 1. The summed E-state index contributed by atoms with van der Waals surface area (Å²) in [6, 6.07) is 6.86. The van der Waals surface area contributed by atoms with Crippen molar-refractivity contribution >= 4 is 17.8 Å². The van der Waals surface area contributed by atoms with E-state index in [9.17, 15) is 14.4 Å². The second kappa shape index (κ2) is 3.83. The molecule has 1 N–H and O–H groups in total. The van der Waals surface area contributed by atoms with Crippen molar-refractivity contribution in [2.75, 3.05) is 6.54 Å². The van der Waals surface area contributed by atoms with E-state index in [1.54, 1.807) is 0 Å². The minimum Gasteiger partial charge on any atom is -0.488 e. The monoisotopic (exact) mass is 246 g/mol. The molecule has 6 nitrogen and oxygen atoms in total. The zero-order valence-corrected chi connectivity index (χ0v) is 9.38. The largest absolute Gasteiger partial charge is 0.488 e. The summed E-state index contributed by atoms with van der Waals surface area (Å²) < 4.78 is 5.62. The van der Waals surface area contributed by atoms with Crippen LogP contribution in [0.2, 0.25) is 0 Å². The van der Waals surface area contributed by atoms with Crippen LogP contribution in [0.15, 0.2) is 24.3 Å². The van der Waals surface area contributed by atoms with E-state index >= 15 is 0 Å². The molecule has 92 valence electrons. The van der Waals surface area contributed by atoms with E-state index in [1.165, 1.54) is 0 Å². The highest BCUT2D eigenvalue weighted by Gasteiger charge is 2.39. The molecule has 6 heteroatoms. The third-order valence-corrected chi connectivity index (χ3v) is 3.01. The molecule has 1 saturated heterocycles. The van der Waals surface area contributed by atoms with E-state index in [0.29, 0.717) is 6.42 Å². The van der Waals surface area contributed by atoms with Gasteiger partial charge in [0.2, 0.25) is 0 Å². The Balaban J connectivity index is 1.72. The molecule has 0 spiro atoms. The number of urea groups is 1. The van der Waals surface area contributed by atoms with E-state index in [4.69, 9.17) is 4.74 Å². The number of benzene rings is 1. The van der Waals surface area contributed by atoms with Gasteiger partial charge < -0.3 is 4.74 Å². The van der Waals surface area contributed by atoms with Crippen LogP contribution in [-0.4, -0.2) is 35.4 Å². The fraction of sp³-hybridized carbons (Fsp3) is 0.250. The van der Waals surface area contributed by atoms with Gasteiger partial charge in [0.05, 0.1) is 6.54 Å². The van der Waals surface area contributed by atoms with Gasteiger partial charge in [0, 0.05) is 6.42 Å². The summed E-state index contributed by atoms with van der Waals surface area (Å²) in [5, 5.41) is 1.95. The average Bonchev–Trinajstić information content (AvgIpc) is 2.86. The molecule has 18 heavy (non-hydrogen) atoms. The lowest BCUT2D eigenvalue weighted by Crippen LogP contribution is -2.39. The molecule has 1 unspecified atom stereocenters. The minimum atomic E-state index is -0.879. The maximum absolute atomic E-state index is 11.4. The highest BCUT2D eigenvalue weighted by Crippen LogP contribution is 2.28. The Morgan fingerprint density at radius 1 is 1.28 bits per heavy atom. The van der Waals surface area contributed by atoms with Gasteiger partial charge in [-0.2, -0.15) is 0 Å². The van der Waals surface area contributed by atoms with Crippen LogP contribution in [0.25, 0.3) is 0 Å². The highest BCUT2D eigenvalue weighted by molar-refractivity contribution is 6.44. The van der Waals surface area contributed by atoms with Crippen LogP contribution in [0, 0.1) is 0 Å². The lowest BCUT2D eigenvalue weighted by atomic mass is 10.1. The number of nitrogens with one attached hydrogen (secondary N) is 1. The fourth-order valence-electron chi connectivity index (χ4n) is 2.16. The SMILES string of the molecule is O=C1NC(=O)N(CC2Cc3ccccc3O2)C1=O. The number of imide groups is 2. The van der Waals surface area contributed by atoms with Crippen LogP contribution < -0.4 is 10.1 Å². The minimum absolute atomic E-state index is 0.0884. The third-order valence-electron chi connectivity index (χ3n) is 3.01. The van der Waals surface area contributed by atoms with E-state index in [2.05, 4.69) is 0 Å². The van der Waals surface area contributed by atoms with Crippen LogP contribution in [0.4, 0.5) is 4.79 Å². The molecule has 0 bridgehead atoms. The van der Waals surface area contributed by atoms with Crippen molar-refractivity contribution in [2.45, 2.75) is 12.5 Å². The Kier molecular flexibility index (Phi) is 2.29. The lowest BCUT2D eigenvalue weighted by Gasteiger charge is -2.16. The normalized spacial score (nSPS) is 21.9. The molecule has 2 aliphatic rings. The number of amides is 4. The Labute approximate surface area is 103 Å². The van der Waals surface area contributed by atoms with Crippen LogP contribution in [0.1, 0.15) is 5.56 Å². The molecule has 0 aromatic heterocycles. The van der Waals surface area contributed by atoms with Crippen LogP contribution >= 0.6 is 0 Å².